The third-order valence-electron chi connectivity index (χ3n) is 2.77. The van der Waals surface area contributed by atoms with E-state index in [1.165, 1.54) is 6.07 Å². The molecular weight excluding hydrogens is 249 g/mol. The molecule has 0 saturated carbocycles. The van der Waals surface area contributed by atoms with Gasteiger partial charge in [0.15, 0.2) is 0 Å². The van der Waals surface area contributed by atoms with Crippen LogP contribution in [-0.2, 0) is 6.42 Å². The van der Waals surface area contributed by atoms with Crippen LogP contribution >= 0.6 is 11.6 Å². The van der Waals surface area contributed by atoms with E-state index in [1.807, 2.05) is 12.1 Å². The molecule has 3 heteroatoms. The fourth-order valence-electron chi connectivity index (χ4n) is 1.88. The van der Waals surface area contributed by atoms with Crippen LogP contribution < -0.4 is 0 Å². The van der Waals surface area contributed by atoms with Crippen LogP contribution in [0, 0.1) is 17.1 Å². The molecule has 0 N–H and O–H groups in total. The van der Waals surface area contributed by atoms with Gasteiger partial charge in [-0.25, -0.2) is 4.39 Å². The Morgan fingerprint density at radius 2 is 1.94 bits per heavy atom. The first kappa shape index (κ1) is 12.6. The second-order valence-corrected chi connectivity index (χ2v) is 4.47. The molecule has 0 radical (unpaired) electrons. The minimum absolute atomic E-state index is 0.342. The van der Waals surface area contributed by atoms with Crippen LogP contribution in [0.5, 0.6) is 0 Å². The van der Waals surface area contributed by atoms with Crippen molar-refractivity contribution in [1.29, 1.82) is 5.26 Å². The highest BCUT2D eigenvalue weighted by atomic mass is 35.5. The highest BCUT2D eigenvalue weighted by Gasteiger charge is 2.15. The highest BCUT2D eigenvalue weighted by Crippen LogP contribution is 2.24. The minimum atomic E-state index is -0.496. The monoisotopic (exact) mass is 259 g/mol. The van der Waals surface area contributed by atoms with Crippen LogP contribution in [0.25, 0.3) is 0 Å². The van der Waals surface area contributed by atoms with Crippen LogP contribution in [0.4, 0.5) is 4.39 Å². The van der Waals surface area contributed by atoms with Crippen molar-refractivity contribution in [3.63, 3.8) is 0 Å². The van der Waals surface area contributed by atoms with Gasteiger partial charge in [0, 0.05) is 10.6 Å². The van der Waals surface area contributed by atoms with E-state index in [1.54, 1.807) is 30.3 Å². The van der Waals surface area contributed by atoms with Crippen LogP contribution in [0.2, 0.25) is 5.02 Å². The first-order valence-corrected chi connectivity index (χ1v) is 5.97. The number of rotatable bonds is 3. The van der Waals surface area contributed by atoms with E-state index >= 15 is 0 Å². The number of hydrogen-bond donors (Lipinski definition) is 0. The maximum atomic E-state index is 13.6. The predicted octanol–water partition coefficient (Wildman–Crippen LogP) is 4.33. The van der Waals surface area contributed by atoms with Crippen LogP contribution in [0.1, 0.15) is 17.0 Å². The lowest BCUT2D eigenvalue weighted by atomic mass is 9.93. The summed E-state index contributed by atoms with van der Waals surface area (Å²) in [6.45, 7) is 0. The average molecular weight is 260 g/mol. The van der Waals surface area contributed by atoms with E-state index in [2.05, 4.69) is 6.07 Å². The normalized spacial score (nSPS) is 11.8. The van der Waals surface area contributed by atoms with E-state index in [9.17, 15) is 9.65 Å². The molecule has 0 aliphatic rings. The van der Waals surface area contributed by atoms with Gasteiger partial charge in [0.05, 0.1) is 12.0 Å². The summed E-state index contributed by atoms with van der Waals surface area (Å²) in [4.78, 5) is 0. The lowest BCUT2D eigenvalue weighted by Crippen LogP contribution is -2.03. The molecular formula is C15H11ClFN. The van der Waals surface area contributed by atoms with Crippen molar-refractivity contribution in [2.24, 2.45) is 0 Å². The molecule has 0 aliphatic carbocycles. The van der Waals surface area contributed by atoms with Gasteiger partial charge in [-0.3, -0.25) is 0 Å². The van der Waals surface area contributed by atoms with E-state index in [-0.39, 0.29) is 5.82 Å². The number of nitriles is 1. The topological polar surface area (TPSA) is 23.8 Å². The van der Waals surface area contributed by atoms with Gasteiger partial charge in [0.1, 0.15) is 5.82 Å². The third-order valence-corrected chi connectivity index (χ3v) is 3.00. The number of benzene rings is 2. The molecule has 18 heavy (non-hydrogen) atoms. The molecule has 0 bridgehead atoms. The van der Waals surface area contributed by atoms with Crippen molar-refractivity contribution >= 4 is 11.6 Å². The Balaban J connectivity index is 2.26. The summed E-state index contributed by atoms with van der Waals surface area (Å²) in [6.07, 6.45) is 0.456. The molecule has 1 atom stereocenters. The summed E-state index contributed by atoms with van der Waals surface area (Å²) in [5.74, 6) is -0.837. The molecule has 0 heterocycles. The smallest absolute Gasteiger partial charge is 0.127 e. The molecule has 0 spiro atoms. The third kappa shape index (κ3) is 2.88. The van der Waals surface area contributed by atoms with Crippen molar-refractivity contribution in [3.05, 3.63) is 70.5 Å². The average Bonchev–Trinajstić information content (AvgIpc) is 2.37. The van der Waals surface area contributed by atoms with Crippen molar-refractivity contribution < 1.29 is 4.39 Å². The first-order valence-electron chi connectivity index (χ1n) is 5.59. The SMILES string of the molecule is N#CC(Cc1cccc(Cl)c1)c1ccccc1F. The summed E-state index contributed by atoms with van der Waals surface area (Å²) >= 11 is 5.89. The van der Waals surface area contributed by atoms with Crippen LogP contribution in [0.15, 0.2) is 48.5 Å². The Kier molecular flexibility index (Phi) is 3.96. The summed E-state index contributed by atoms with van der Waals surface area (Å²) in [5, 5.41) is 9.81. The van der Waals surface area contributed by atoms with Gasteiger partial charge in [0.25, 0.3) is 0 Å². The lowest BCUT2D eigenvalue weighted by molar-refractivity contribution is 0.600. The fourth-order valence-corrected chi connectivity index (χ4v) is 2.10. The maximum absolute atomic E-state index is 13.6. The van der Waals surface area contributed by atoms with Crippen molar-refractivity contribution in [3.8, 4) is 6.07 Å². The number of nitrogens with zero attached hydrogens (tertiary/aromatic N) is 1. The molecule has 0 fully saturated rings. The quantitative estimate of drug-likeness (QED) is 0.805. The van der Waals surface area contributed by atoms with Crippen LogP contribution in [-0.4, -0.2) is 0 Å². The van der Waals surface area contributed by atoms with Gasteiger partial charge >= 0.3 is 0 Å². The molecule has 1 unspecified atom stereocenters. The molecule has 0 saturated heterocycles. The molecule has 0 aromatic heterocycles. The fraction of sp³-hybridized carbons (Fsp3) is 0.133. The summed E-state index contributed by atoms with van der Waals surface area (Å²) in [5.41, 5.74) is 1.36. The summed E-state index contributed by atoms with van der Waals surface area (Å²) in [7, 11) is 0. The van der Waals surface area contributed by atoms with Crippen LogP contribution in [0.3, 0.4) is 0 Å². The highest BCUT2D eigenvalue weighted by molar-refractivity contribution is 6.30. The first-order chi connectivity index (χ1) is 8.70. The second-order valence-electron chi connectivity index (χ2n) is 4.04. The second kappa shape index (κ2) is 5.66. The molecule has 2 aromatic rings. The van der Waals surface area contributed by atoms with Gasteiger partial charge < -0.3 is 0 Å². The molecule has 2 aromatic carbocycles. The minimum Gasteiger partial charge on any atom is -0.207 e. The van der Waals surface area contributed by atoms with E-state index in [0.29, 0.717) is 17.0 Å². The van der Waals surface area contributed by atoms with Gasteiger partial charge in [-0.2, -0.15) is 5.26 Å². The molecule has 90 valence electrons. The Morgan fingerprint density at radius 3 is 2.61 bits per heavy atom. The van der Waals surface area contributed by atoms with E-state index in [0.717, 1.165) is 5.56 Å². The summed E-state index contributed by atoms with van der Waals surface area (Å²) in [6, 6.07) is 15.8. The number of hydrogen-bond acceptors (Lipinski definition) is 1. The molecule has 0 aliphatic heterocycles. The van der Waals surface area contributed by atoms with E-state index in [4.69, 9.17) is 11.6 Å². The van der Waals surface area contributed by atoms with Gasteiger partial charge in [-0.05, 0) is 30.2 Å². The molecule has 0 amide bonds. The largest absolute Gasteiger partial charge is 0.207 e. The number of halogens is 2. The predicted molar refractivity (Wildman–Crippen MR) is 69.9 cm³/mol. The zero-order valence-corrected chi connectivity index (χ0v) is 10.4. The summed E-state index contributed by atoms with van der Waals surface area (Å²) < 4.78 is 13.6. The van der Waals surface area contributed by atoms with E-state index < -0.39 is 5.92 Å². The molecule has 1 nitrogen and oxygen atoms in total. The zero-order chi connectivity index (χ0) is 13.0. The zero-order valence-electron chi connectivity index (χ0n) is 9.61. The van der Waals surface area contributed by atoms with Crippen molar-refractivity contribution in [2.45, 2.75) is 12.3 Å². The van der Waals surface area contributed by atoms with Gasteiger partial charge in [-0.1, -0.05) is 41.9 Å². The van der Waals surface area contributed by atoms with Crippen molar-refractivity contribution in [1.82, 2.24) is 0 Å². The Morgan fingerprint density at radius 1 is 1.17 bits per heavy atom. The lowest BCUT2D eigenvalue weighted by Gasteiger charge is -2.10. The molecule has 2 rings (SSSR count). The Bertz CT molecular complexity index is 589. The van der Waals surface area contributed by atoms with Gasteiger partial charge in [-0.15, -0.1) is 0 Å². The maximum Gasteiger partial charge on any atom is 0.127 e. The Hall–Kier alpha value is -1.85. The Labute approximate surface area is 110 Å². The van der Waals surface area contributed by atoms with Crippen molar-refractivity contribution in [2.75, 3.05) is 0 Å². The van der Waals surface area contributed by atoms with Gasteiger partial charge in [0.2, 0.25) is 0 Å². The standard InChI is InChI=1S/C15H11ClFN/c16-13-5-3-4-11(9-13)8-12(10-18)14-6-1-2-7-15(14)17/h1-7,9,12H,8H2.